The van der Waals surface area contributed by atoms with Crippen molar-refractivity contribution in [2.45, 2.75) is 53.9 Å². The SMILES string of the molecule is CC(C)C.CCCCc1c(NC(C)=O)ccc2ccccc12. The fraction of sp³-hybridized carbons (Fsp3) is 0.450. The van der Waals surface area contributed by atoms with Gasteiger partial charge in [0.25, 0.3) is 0 Å². The molecule has 0 radical (unpaired) electrons. The highest BCUT2D eigenvalue weighted by molar-refractivity contribution is 5.96. The van der Waals surface area contributed by atoms with E-state index in [4.69, 9.17) is 0 Å². The van der Waals surface area contributed by atoms with E-state index in [9.17, 15) is 4.79 Å². The Kier molecular flexibility index (Phi) is 7.65. The quantitative estimate of drug-likeness (QED) is 0.759. The first-order valence-corrected chi connectivity index (χ1v) is 8.23. The molecule has 0 unspecified atom stereocenters. The second-order valence-corrected chi connectivity index (χ2v) is 6.33. The first-order valence-electron chi connectivity index (χ1n) is 8.23. The van der Waals surface area contributed by atoms with Gasteiger partial charge in [-0.2, -0.15) is 0 Å². The molecule has 2 aromatic carbocycles. The van der Waals surface area contributed by atoms with Gasteiger partial charge in [0.2, 0.25) is 5.91 Å². The summed E-state index contributed by atoms with van der Waals surface area (Å²) in [6.45, 7) is 10.2. The molecule has 0 bridgehead atoms. The molecule has 2 rings (SSSR count). The molecule has 0 saturated heterocycles. The van der Waals surface area contributed by atoms with E-state index in [1.165, 1.54) is 16.3 Å². The number of carbonyl (C=O) groups excluding carboxylic acids is 1. The summed E-state index contributed by atoms with van der Waals surface area (Å²) in [5.41, 5.74) is 2.21. The van der Waals surface area contributed by atoms with Gasteiger partial charge in [-0.1, -0.05) is 64.4 Å². The van der Waals surface area contributed by atoms with Gasteiger partial charge in [0.05, 0.1) is 0 Å². The van der Waals surface area contributed by atoms with E-state index in [1.807, 2.05) is 12.1 Å². The average Bonchev–Trinajstić information content (AvgIpc) is 2.45. The third kappa shape index (κ3) is 5.88. The second-order valence-electron chi connectivity index (χ2n) is 6.33. The summed E-state index contributed by atoms with van der Waals surface area (Å²) < 4.78 is 0. The molecule has 0 atom stereocenters. The van der Waals surface area contributed by atoms with Crippen LogP contribution in [-0.2, 0) is 11.2 Å². The maximum Gasteiger partial charge on any atom is 0.221 e. The van der Waals surface area contributed by atoms with Crippen LogP contribution in [-0.4, -0.2) is 5.91 Å². The molecule has 0 aliphatic heterocycles. The summed E-state index contributed by atoms with van der Waals surface area (Å²) in [7, 11) is 0. The van der Waals surface area contributed by atoms with Crippen LogP contribution in [0, 0.1) is 5.92 Å². The van der Waals surface area contributed by atoms with Crippen LogP contribution in [0.15, 0.2) is 36.4 Å². The van der Waals surface area contributed by atoms with Gasteiger partial charge in [-0.15, -0.1) is 0 Å². The molecule has 0 fully saturated rings. The minimum absolute atomic E-state index is 0.0111. The summed E-state index contributed by atoms with van der Waals surface area (Å²) >= 11 is 0. The third-order valence-electron chi connectivity index (χ3n) is 3.13. The zero-order valence-corrected chi connectivity index (χ0v) is 14.6. The summed E-state index contributed by atoms with van der Waals surface area (Å²) in [5, 5.41) is 5.42. The monoisotopic (exact) mass is 299 g/mol. The summed E-state index contributed by atoms with van der Waals surface area (Å²) in [4.78, 5) is 11.3. The van der Waals surface area contributed by atoms with Crippen LogP contribution in [0.4, 0.5) is 5.69 Å². The largest absolute Gasteiger partial charge is 0.326 e. The molecular weight excluding hydrogens is 270 g/mol. The zero-order chi connectivity index (χ0) is 16.5. The van der Waals surface area contributed by atoms with E-state index >= 15 is 0 Å². The van der Waals surface area contributed by atoms with E-state index in [-0.39, 0.29) is 5.91 Å². The molecular formula is C20H29NO. The van der Waals surface area contributed by atoms with Gasteiger partial charge < -0.3 is 5.32 Å². The van der Waals surface area contributed by atoms with Crippen molar-refractivity contribution in [1.82, 2.24) is 0 Å². The normalized spacial score (nSPS) is 10.3. The van der Waals surface area contributed by atoms with Crippen molar-refractivity contribution in [2.75, 3.05) is 5.32 Å². The van der Waals surface area contributed by atoms with Crippen molar-refractivity contribution in [1.29, 1.82) is 0 Å². The van der Waals surface area contributed by atoms with Gasteiger partial charge in [-0.25, -0.2) is 0 Å². The van der Waals surface area contributed by atoms with Crippen LogP contribution >= 0.6 is 0 Å². The number of anilines is 1. The highest BCUT2D eigenvalue weighted by Crippen LogP contribution is 2.27. The number of amides is 1. The van der Waals surface area contributed by atoms with E-state index < -0.39 is 0 Å². The summed E-state index contributed by atoms with van der Waals surface area (Å²) in [6.07, 6.45) is 3.30. The van der Waals surface area contributed by atoms with Crippen molar-refractivity contribution in [3.05, 3.63) is 42.0 Å². The lowest BCUT2D eigenvalue weighted by atomic mass is 9.98. The Labute approximate surface area is 134 Å². The molecule has 0 aliphatic carbocycles. The first-order chi connectivity index (χ1) is 10.5. The van der Waals surface area contributed by atoms with Gasteiger partial charge in [-0.3, -0.25) is 4.79 Å². The lowest BCUT2D eigenvalue weighted by molar-refractivity contribution is -0.114. The van der Waals surface area contributed by atoms with Crippen LogP contribution in [0.2, 0.25) is 0 Å². The molecule has 2 heteroatoms. The van der Waals surface area contributed by atoms with Gasteiger partial charge >= 0.3 is 0 Å². The van der Waals surface area contributed by atoms with Gasteiger partial charge in [0.1, 0.15) is 0 Å². The van der Waals surface area contributed by atoms with Crippen LogP contribution in [0.1, 0.15) is 53.0 Å². The zero-order valence-electron chi connectivity index (χ0n) is 14.6. The number of unbranched alkanes of at least 4 members (excludes halogenated alkanes) is 1. The topological polar surface area (TPSA) is 29.1 Å². The van der Waals surface area contributed by atoms with Crippen molar-refractivity contribution >= 4 is 22.4 Å². The molecule has 22 heavy (non-hydrogen) atoms. The van der Waals surface area contributed by atoms with Gasteiger partial charge in [0, 0.05) is 12.6 Å². The van der Waals surface area contributed by atoms with Gasteiger partial charge in [-0.05, 0) is 41.2 Å². The number of benzene rings is 2. The van der Waals surface area contributed by atoms with E-state index in [2.05, 4.69) is 57.3 Å². The van der Waals surface area contributed by atoms with E-state index in [1.54, 1.807) is 6.92 Å². The van der Waals surface area contributed by atoms with Crippen molar-refractivity contribution in [2.24, 2.45) is 5.92 Å². The van der Waals surface area contributed by atoms with Crippen molar-refractivity contribution in [3.8, 4) is 0 Å². The molecule has 2 nitrogen and oxygen atoms in total. The van der Waals surface area contributed by atoms with Crippen LogP contribution in [0.5, 0.6) is 0 Å². The Hall–Kier alpha value is -1.83. The molecule has 0 saturated carbocycles. The second kappa shape index (κ2) is 9.24. The molecule has 1 amide bonds. The van der Waals surface area contributed by atoms with E-state index in [0.717, 1.165) is 30.9 Å². The van der Waals surface area contributed by atoms with E-state index in [0.29, 0.717) is 0 Å². The maximum absolute atomic E-state index is 11.3. The lowest BCUT2D eigenvalue weighted by Gasteiger charge is -2.13. The average molecular weight is 299 g/mol. The summed E-state index contributed by atoms with van der Waals surface area (Å²) in [5.74, 6) is 0.822. The molecule has 0 aromatic heterocycles. The Morgan fingerprint density at radius 1 is 1.09 bits per heavy atom. The molecule has 0 aliphatic rings. The summed E-state index contributed by atoms with van der Waals surface area (Å²) in [6, 6.07) is 12.4. The number of fused-ring (bicyclic) bond motifs is 1. The number of nitrogens with one attached hydrogen (secondary N) is 1. The van der Waals surface area contributed by atoms with Gasteiger partial charge in [0.15, 0.2) is 0 Å². The number of hydrogen-bond acceptors (Lipinski definition) is 1. The molecule has 120 valence electrons. The van der Waals surface area contributed by atoms with Crippen molar-refractivity contribution < 1.29 is 4.79 Å². The Morgan fingerprint density at radius 2 is 1.73 bits per heavy atom. The van der Waals surface area contributed by atoms with Crippen LogP contribution < -0.4 is 5.32 Å². The number of rotatable bonds is 4. The van der Waals surface area contributed by atoms with Crippen LogP contribution in [0.25, 0.3) is 10.8 Å². The number of hydrogen-bond donors (Lipinski definition) is 1. The predicted octanol–water partition coefficient (Wildman–Crippen LogP) is 5.80. The first kappa shape index (κ1) is 18.2. The Balaban J connectivity index is 0.000000541. The highest BCUT2D eigenvalue weighted by Gasteiger charge is 2.08. The molecule has 1 N–H and O–H groups in total. The number of carbonyl (C=O) groups is 1. The lowest BCUT2D eigenvalue weighted by Crippen LogP contribution is -2.08. The van der Waals surface area contributed by atoms with Crippen LogP contribution in [0.3, 0.4) is 0 Å². The molecule has 2 aromatic rings. The smallest absolute Gasteiger partial charge is 0.221 e. The minimum Gasteiger partial charge on any atom is -0.326 e. The highest BCUT2D eigenvalue weighted by atomic mass is 16.1. The standard InChI is InChI=1S/C16H19NO.C4H10/c1-3-4-8-15-14-9-6-5-7-13(14)10-11-16(15)17-12(2)18;1-4(2)3/h5-7,9-11H,3-4,8H2,1-2H3,(H,17,18);4H,1-3H3. The molecule has 0 heterocycles. The number of aryl methyl sites for hydroxylation is 1. The Morgan fingerprint density at radius 3 is 2.32 bits per heavy atom. The van der Waals surface area contributed by atoms with Crippen molar-refractivity contribution in [3.63, 3.8) is 0 Å². The minimum atomic E-state index is -0.0111. The maximum atomic E-state index is 11.3. The third-order valence-corrected chi connectivity index (χ3v) is 3.13. The molecule has 0 spiro atoms. The fourth-order valence-corrected chi connectivity index (χ4v) is 2.27. The fourth-order valence-electron chi connectivity index (χ4n) is 2.27. The predicted molar refractivity (Wildman–Crippen MR) is 97.4 cm³/mol. The Bertz CT molecular complexity index is 599.